The van der Waals surface area contributed by atoms with Gasteiger partial charge in [0.15, 0.2) is 0 Å². The van der Waals surface area contributed by atoms with Crippen molar-refractivity contribution in [2.75, 3.05) is 39.3 Å². The normalized spacial score (nSPS) is 26.0. The molecule has 15 heavy (non-hydrogen) atoms. The summed E-state index contributed by atoms with van der Waals surface area (Å²) in [5.74, 6) is 1.13. The highest BCUT2D eigenvalue weighted by Gasteiger charge is 2.25. The molecule has 1 aliphatic heterocycles. The first-order valence-electron chi connectivity index (χ1n) is 5.66. The van der Waals surface area contributed by atoms with Crippen LogP contribution in [-0.2, 0) is 14.2 Å². The fraction of sp³-hybridized carbons (Fsp3) is 1.00. The van der Waals surface area contributed by atoms with E-state index in [-0.39, 0.29) is 0 Å². The lowest BCUT2D eigenvalue weighted by atomic mass is 10.2. The Labute approximate surface area is 96.8 Å². The van der Waals surface area contributed by atoms with Crippen molar-refractivity contribution >= 4 is 11.8 Å². The second-order valence-corrected chi connectivity index (χ2v) is 5.00. The minimum atomic E-state index is 0.428. The van der Waals surface area contributed by atoms with E-state index in [4.69, 9.17) is 14.2 Å². The SMILES string of the molecule is CCOCCOC1CSC(CCOC)C1. The van der Waals surface area contributed by atoms with Gasteiger partial charge in [0.2, 0.25) is 0 Å². The summed E-state index contributed by atoms with van der Waals surface area (Å²) >= 11 is 2.01. The first kappa shape index (κ1) is 13.3. The Morgan fingerprint density at radius 1 is 1.27 bits per heavy atom. The molecule has 1 heterocycles. The smallest absolute Gasteiger partial charge is 0.0704 e. The van der Waals surface area contributed by atoms with Crippen molar-refractivity contribution in [3.63, 3.8) is 0 Å². The van der Waals surface area contributed by atoms with Gasteiger partial charge in [-0.3, -0.25) is 0 Å². The van der Waals surface area contributed by atoms with Gasteiger partial charge in [-0.25, -0.2) is 0 Å². The standard InChI is InChI=1S/C11H22O3S/c1-3-13-6-7-14-10-8-11(15-9-10)4-5-12-2/h10-11H,3-9H2,1-2H3. The molecule has 1 rings (SSSR count). The van der Waals surface area contributed by atoms with E-state index >= 15 is 0 Å². The zero-order valence-corrected chi connectivity index (χ0v) is 10.6. The van der Waals surface area contributed by atoms with E-state index in [2.05, 4.69) is 0 Å². The maximum absolute atomic E-state index is 5.73. The third kappa shape index (κ3) is 5.76. The highest BCUT2D eigenvalue weighted by molar-refractivity contribution is 8.00. The predicted molar refractivity (Wildman–Crippen MR) is 63.6 cm³/mol. The lowest BCUT2D eigenvalue weighted by Crippen LogP contribution is -2.16. The highest BCUT2D eigenvalue weighted by Crippen LogP contribution is 2.30. The first-order valence-corrected chi connectivity index (χ1v) is 6.71. The van der Waals surface area contributed by atoms with Crippen LogP contribution in [0.4, 0.5) is 0 Å². The van der Waals surface area contributed by atoms with Crippen LogP contribution >= 0.6 is 11.8 Å². The summed E-state index contributed by atoms with van der Waals surface area (Å²) in [4.78, 5) is 0. The van der Waals surface area contributed by atoms with Crippen LogP contribution in [0.1, 0.15) is 19.8 Å². The molecule has 2 unspecified atom stereocenters. The summed E-state index contributed by atoms with van der Waals surface area (Å²) in [6.07, 6.45) is 2.74. The summed E-state index contributed by atoms with van der Waals surface area (Å²) in [7, 11) is 1.76. The molecular weight excluding hydrogens is 212 g/mol. The second-order valence-electron chi connectivity index (χ2n) is 3.66. The fourth-order valence-corrected chi connectivity index (χ4v) is 2.99. The van der Waals surface area contributed by atoms with E-state index in [9.17, 15) is 0 Å². The van der Waals surface area contributed by atoms with Crippen LogP contribution in [-0.4, -0.2) is 50.6 Å². The summed E-state index contributed by atoms with van der Waals surface area (Å²) in [6.45, 7) is 5.10. The maximum atomic E-state index is 5.73. The first-order chi connectivity index (χ1) is 7.36. The largest absolute Gasteiger partial charge is 0.385 e. The monoisotopic (exact) mass is 234 g/mol. The molecule has 1 saturated heterocycles. The van der Waals surface area contributed by atoms with Crippen molar-refractivity contribution in [1.82, 2.24) is 0 Å². The highest BCUT2D eigenvalue weighted by atomic mass is 32.2. The number of thioether (sulfide) groups is 1. The summed E-state index contributed by atoms with van der Waals surface area (Å²) in [5.41, 5.74) is 0. The molecule has 90 valence electrons. The van der Waals surface area contributed by atoms with Gasteiger partial charge < -0.3 is 14.2 Å². The quantitative estimate of drug-likeness (QED) is 0.600. The molecule has 0 radical (unpaired) electrons. The van der Waals surface area contributed by atoms with Gasteiger partial charge in [-0.1, -0.05) is 0 Å². The zero-order chi connectivity index (χ0) is 10.9. The molecule has 0 bridgehead atoms. The Morgan fingerprint density at radius 2 is 2.13 bits per heavy atom. The zero-order valence-electron chi connectivity index (χ0n) is 9.74. The van der Waals surface area contributed by atoms with Crippen molar-refractivity contribution in [1.29, 1.82) is 0 Å². The van der Waals surface area contributed by atoms with E-state index in [0.29, 0.717) is 6.10 Å². The molecule has 0 N–H and O–H groups in total. The van der Waals surface area contributed by atoms with Crippen molar-refractivity contribution in [2.45, 2.75) is 31.1 Å². The lowest BCUT2D eigenvalue weighted by Gasteiger charge is -2.11. The molecule has 1 fully saturated rings. The average Bonchev–Trinajstić information content (AvgIpc) is 2.69. The molecule has 0 aliphatic carbocycles. The van der Waals surface area contributed by atoms with E-state index in [0.717, 1.165) is 43.9 Å². The average molecular weight is 234 g/mol. The summed E-state index contributed by atoms with van der Waals surface area (Å²) in [5, 5.41) is 0.724. The van der Waals surface area contributed by atoms with Gasteiger partial charge >= 0.3 is 0 Å². The molecule has 3 nitrogen and oxygen atoms in total. The Morgan fingerprint density at radius 3 is 2.87 bits per heavy atom. The maximum Gasteiger partial charge on any atom is 0.0704 e. The van der Waals surface area contributed by atoms with Crippen LogP contribution in [0.3, 0.4) is 0 Å². The van der Waals surface area contributed by atoms with Gasteiger partial charge in [0.25, 0.3) is 0 Å². The Kier molecular flexibility index (Phi) is 7.44. The molecule has 4 heteroatoms. The number of methoxy groups -OCH3 is 1. The minimum absolute atomic E-state index is 0.428. The van der Waals surface area contributed by atoms with Crippen LogP contribution in [0.2, 0.25) is 0 Å². The third-order valence-electron chi connectivity index (χ3n) is 2.47. The van der Waals surface area contributed by atoms with Gasteiger partial charge in [-0.2, -0.15) is 11.8 Å². The Bertz CT molecular complexity index is 155. The minimum Gasteiger partial charge on any atom is -0.385 e. The molecule has 0 aromatic heterocycles. The van der Waals surface area contributed by atoms with Crippen LogP contribution in [0.15, 0.2) is 0 Å². The molecule has 0 spiro atoms. The molecule has 1 aliphatic rings. The number of ether oxygens (including phenoxy) is 3. The number of hydrogen-bond acceptors (Lipinski definition) is 4. The van der Waals surface area contributed by atoms with Crippen molar-refractivity contribution in [2.24, 2.45) is 0 Å². The van der Waals surface area contributed by atoms with E-state index in [1.807, 2.05) is 18.7 Å². The number of rotatable bonds is 8. The molecule has 0 aromatic rings. The van der Waals surface area contributed by atoms with Crippen LogP contribution in [0.25, 0.3) is 0 Å². The molecular formula is C11H22O3S. The molecule has 0 saturated carbocycles. The van der Waals surface area contributed by atoms with Crippen molar-refractivity contribution < 1.29 is 14.2 Å². The van der Waals surface area contributed by atoms with E-state index in [1.165, 1.54) is 6.42 Å². The van der Waals surface area contributed by atoms with Gasteiger partial charge in [-0.05, 0) is 19.8 Å². The number of hydrogen-bond donors (Lipinski definition) is 0. The molecule has 2 atom stereocenters. The molecule has 0 aromatic carbocycles. The van der Waals surface area contributed by atoms with Crippen LogP contribution in [0.5, 0.6) is 0 Å². The predicted octanol–water partition coefficient (Wildman–Crippen LogP) is 1.95. The lowest BCUT2D eigenvalue weighted by molar-refractivity contribution is 0.0163. The fourth-order valence-electron chi connectivity index (χ4n) is 1.66. The Balaban J connectivity index is 1.98. The topological polar surface area (TPSA) is 27.7 Å². The summed E-state index contributed by atoms with van der Waals surface area (Å²) in [6, 6.07) is 0. The van der Waals surface area contributed by atoms with Crippen LogP contribution < -0.4 is 0 Å². The van der Waals surface area contributed by atoms with E-state index in [1.54, 1.807) is 7.11 Å². The molecule has 0 amide bonds. The van der Waals surface area contributed by atoms with Crippen molar-refractivity contribution in [3.8, 4) is 0 Å². The van der Waals surface area contributed by atoms with Crippen molar-refractivity contribution in [3.05, 3.63) is 0 Å². The van der Waals surface area contributed by atoms with E-state index < -0.39 is 0 Å². The van der Waals surface area contributed by atoms with Gasteiger partial charge in [-0.15, -0.1) is 0 Å². The summed E-state index contributed by atoms with van der Waals surface area (Å²) < 4.78 is 16.0. The van der Waals surface area contributed by atoms with Gasteiger partial charge in [0, 0.05) is 31.3 Å². The van der Waals surface area contributed by atoms with Gasteiger partial charge in [0.1, 0.15) is 0 Å². The van der Waals surface area contributed by atoms with Crippen LogP contribution in [0, 0.1) is 0 Å². The van der Waals surface area contributed by atoms with Gasteiger partial charge in [0.05, 0.1) is 19.3 Å². The third-order valence-corrected chi connectivity index (χ3v) is 3.94. The Hall–Kier alpha value is 0.230. The second kappa shape index (κ2) is 8.39.